The zero-order valence-corrected chi connectivity index (χ0v) is 14.5. The zero-order valence-electron chi connectivity index (χ0n) is 10.5. The molecule has 0 aliphatic carbocycles. The second kappa shape index (κ2) is 235. The smallest absolute Gasteiger partial charge is 1.00 e. The number of rotatable bonds is 0. The molecule has 0 aromatic heterocycles. The average Bonchev–Trinajstić information content (AvgIpc) is 2.23. The van der Waals surface area contributed by atoms with Crippen LogP contribution in [0.5, 0.6) is 0 Å². The first-order chi connectivity index (χ1) is 8.49. The molecule has 0 saturated carbocycles. The van der Waals surface area contributed by atoms with E-state index in [1.807, 2.05) is 0 Å². The van der Waals surface area contributed by atoms with E-state index in [4.69, 9.17) is 59.4 Å². The van der Waals surface area contributed by atoms with Crippen LogP contribution in [0.25, 0.3) is 0 Å². The van der Waals surface area contributed by atoms with Crippen molar-refractivity contribution in [2.45, 2.75) is 0 Å². The van der Waals surface area contributed by atoms with Gasteiger partial charge in [0.05, 0.1) is 0 Å². The molecule has 0 bridgehead atoms. The van der Waals surface area contributed by atoms with Crippen LogP contribution in [-0.4, -0.2) is 69.5 Å². The molecular formula is C6H7NaO12W-6. The van der Waals surface area contributed by atoms with Crippen molar-refractivity contribution in [2.24, 2.45) is 0 Å². The Morgan fingerprint density at radius 2 is 0.450 bits per heavy atom. The fraction of sp³-hybridized carbons (Fsp3) is 0. The maximum atomic E-state index is 8.24. The first kappa shape index (κ1) is 51.4. The SMILES string of the molecule is O=[C-]O.O=[C-]O.O=[C-]O.O=[C-]O.O=[C-]O.O=[C-]O.[H-].[Na+].[W]. The third-order valence-electron chi connectivity index (χ3n) is 0. The van der Waals surface area contributed by atoms with Crippen LogP contribution in [0.2, 0.25) is 0 Å². The molecule has 0 saturated heterocycles. The second-order valence-electron chi connectivity index (χ2n) is 0.548. The van der Waals surface area contributed by atoms with Gasteiger partial charge >= 0.3 is 29.6 Å². The summed E-state index contributed by atoms with van der Waals surface area (Å²) in [6.07, 6.45) is 0. The molecule has 14 heteroatoms. The topological polar surface area (TPSA) is 224 Å². The third-order valence-corrected chi connectivity index (χ3v) is 0. The van der Waals surface area contributed by atoms with E-state index in [-0.39, 0.29) is 52.0 Å². The van der Waals surface area contributed by atoms with E-state index in [1.54, 1.807) is 0 Å². The van der Waals surface area contributed by atoms with Gasteiger partial charge in [0.15, 0.2) is 0 Å². The largest absolute Gasteiger partial charge is 1.00 e. The van der Waals surface area contributed by atoms with Crippen molar-refractivity contribution in [2.75, 3.05) is 0 Å². The van der Waals surface area contributed by atoms with E-state index in [0.29, 0.717) is 38.8 Å². The molecular weight excluding hydrogens is 471 g/mol. The predicted octanol–water partition coefficient (Wildman–Crippen LogP) is -5.22. The van der Waals surface area contributed by atoms with Gasteiger partial charge in [0.2, 0.25) is 0 Å². The van der Waals surface area contributed by atoms with Crippen molar-refractivity contribution >= 4 is 38.8 Å². The van der Waals surface area contributed by atoms with Gasteiger partial charge in [-0.3, -0.25) is 0 Å². The number of hydrogen-bond acceptors (Lipinski definition) is 6. The summed E-state index contributed by atoms with van der Waals surface area (Å²) >= 11 is 0. The van der Waals surface area contributed by atoms with Crippen molar-refractivity contribution in [3.63, 3.8) is 0 Å². The van der Waals surface area contributed by atoms with E-state index >= 15 is 0 Å². The van der Waals surface area contributed by atoms with Crippen LogP contribution in [0.3, 0.4) is 0 Å². The van der Waals surface area contributed by atoms with Crippen molar-refractivity contribution in [1.82, 2.24) is 0 Å². The molecule has 6 N–H and O–H groups in total. The summed E-state index contributed by atoms with van der Waals surface area (Å²) in [7, 11) is 0. The van der Waals surface area contributed by atoms with E-state index in [2.05, 4.69) is 0 Å². The van der Waals surface area contributed by atoms with Crippen molar-refractivity contribution in [3.05, 3.63) is 0 Å². The molecule has 12 nitrogen and oxygen atoms in total. The minimum absolute atomic E-state index is 0. The molecule has 0 aromatic carbocycles. The molecule has 0 heterocycles. The number of aliphatic hydroxyl groups excluding tert-OH is 6. The summed E-state index contributed by atoms with van der Waals surface area (Å²) < 4.78 is 0. The van der Waals surface area contributed by atoms with Gasteiger partial charge in [-0.1, -0.05) is 38.8 Å². The summed E-state index contributed by atoms with van der Waals surface area (Å²) in [6.45, 7) is 3.00. The molecule has 0 aliphatic rings. The summed E-state index contributed by atoms with van der Waals surface area (Å²) in [4.78, 5) is 49.4. The Morgan fingerprint density at radius 3 is 0.450 bits per heavy atom. The Hall–Kier alpha value is -1.49. The Bertz CT molecular complexity index is 125. The van der Waals surface area contributed by atoms with Gasteiger partial charge in [-0.2, -0.15) is 0 Å². The van der Waals surface area contributed by atoms with Crippen LogP contribution >= 0.6 is 0 Å². The third kappa shape index (κ3) is 1780. The summed E-state index contributed by atoms with van der Waals surface area (Å²) in [6, 6.07) is 0. The molecule has 0 unspecified atom stereocenters. The quantitative estimate of drug-likeness (QED) is 0.142. The number of hydrogen-bond donors (Lipinski definition) is 6. The molecule has 116 valence electrons. The standard InChI is InChI=1S/6CHO2.Na.W.H/c6*2-1-3;;;/h6*(H,2,3);;;/q6*-1;+1;;-1. The molecule has 0 atom stereocenters. The first-order valence-electron chi connectivity index (χ1n) is 2.57. The monoisotopic (exact) mass is 478 g/mol. The molecule has 0 fully saturated rings. The maximum Gasteiger partial charge on any atom is 1.00 e. The zero-order chi connectivity index (χ0) is 16.2. The Labute approximate surface area is 150 Å². The molecule has 0 aliphatic heterocycles. The molecule has 20 heavy (non-hydrogen) atoms. The van der Waals surface area contributed by atoms with Crippen LogP contribution in [0.4, 0.5) is 0 Å². The van der Waals surface area contributed by atoms with Crippen molar-refractivity contribution < 1.29 is 111 Å². The van der Waals surface area contributed by atoms with Crippen LogP contribution in [0.15, 0.2) is 0 Å². The Morgan fingerprint density at radius 1 is 0.450 bits per heavy atom. The average molecular weight is 478 g/mol. The molecule has 0 amide bonds. The molecule has 0 radical (unpaired) electrons. The van der Waals surface area contributed by atoms with Crippen molar-refractivity contribution in [1.29, 1.82) is 0 Å². The van der Waals surface area contributed by atoms with Gasteiger partial charge in [0, 0.05) is 21.1 Å². The van der Waals surface area contributed by atoms with Gasteiger partial charge in [0.25, 0.3) is 0 Å². The van der Waals surface area contributed by atoms with E-state index in [9.17, 15) is 0 Å². The summed E-state index contributed by atoms with van der Waals surface area (Å²) in [5.41, 5.74) is 0. The van der Waals surface area contributed by atoms with Gasteiger partial charge < -0.3 is 60.8 Å². The van der Waals surface area contributed by atoms with E-state index in [0.717, 1.165) is 0 Å². The molecule has 0 spiro atoms. The van der Waals surface area contributed by atoms with Crippen LogP contribution < -0.4 is 29.6 Å². The van der Waals surface area contributed by atoms with Gasteiger partial charge in [-0.25, -0.2) is 0 Å². The molecule has 0 rings (SSSR count). The van der Waals surface area contributed by atoms with Crippen LogP contribution in [0.1, 0.15) is 1.43 Å². The van der Waals surface area contributed by atoms with E-state index in [1.165, 1.54) is 0 Å². The maximum absolute atomic E-state index is 8.24. The Balaban J connectivity index is -0.0000000114. The van der Waals surface area contributed by atoms with Gasteiger partial charge in [-0.15, -0.1) is 0 Å². The Kier molecular flexibility index (Phi) is 603. The predicted molar refractivity (Wildman–Crippen MR) is 51.0 cm³/mol. The minimum atomic E-state index is 0. The summed E-state index contributed by atoms with van der Waals surface area (Å²) in [5, 5.41) is 40.6. The fourth-order valence-corrected chi connectivity index (χ4v) is 0. The van der Waals surface area contributed by atoms with Crippen molar-refractivity contribution in [3.8, 4) is 0 Å². The van der Waals surface area contributed by atoms with E-state index < -0.39 is 0 Å². The van der Waals surface area contributed by atoms with Gasteiger partial charge in [0.1, 0.15) is 0 Å². The first-order valence-corrected chi connectivity index (χ1v) is 2.57. The van der Waals surface area contributed by atoms with Crippen LogP contribution in [-0.2, 0) is 49.8 Å². The van der Waals surface area contributed by atoms with Crippen LogP contribution in [0, 0.1) is 0 Å². The van der Waals surface area contributed by atoms with Gasteiger partial charge in [-0.05, 0) is 0 Å². The summed E-state index contributed by atoms with van der Waals surface area (Å²) in [5.74, 6) is 0. The minimum Gasteiger partial charge on any atom is -1.00 e. The fourth-order valence-electron chi connectivity index (χ4n) is 0. The normalized spacial score (nSPS) is 3.60. The second-order valence-corrected chi connectivity index (χ2v) is 0.548. The molecule has 0 aromatic rings.